The number of carbonyl (C=O) groups is 1. The van der Waals surface area contributed by atoms with E-state index in [1.54, 1.807) is 0 Å². The van der Waals surface area contributed by atoms with Crippen LogP contribution in [0.25, 0.3) is 0 Å². The molecule has 2 aliphatic heterocycles. The Morgan fingerprint density at radius 1 is 1.36 bits per heavy atom. The lowest BCUT2D eigenvalue weighted by molar-refractivity contribution is -0.137. The summed E-state index contributed by atoms with van der Waals surface area (Å²) in [5.41, 5.74) is 7.58. The smallest absolute Gasteiger partial charge is 0.239 e. The van der Waals surface area contributed by atoms with E-state index in [0.29, 0.717) is 23.7 Å². The molecule has 1 aromatic heterocycles. The first-order valence-electron chi connectivity index (χ1n) is 7.52. The van der Waals surface area contributed by atoms with Crippen LogP contribution in [0.3, 0.4) is 0 Å². The second-order valence-electron chi connectivity index (χ2n) is 5.69. The van der Waals surface area contributed by atoms with E-state index in [1.165, 1.54) is 11.3 Å². The van der Waals surface area contributed by atoms with Crippen LogP contribution in [0.1, 0.15) is 22.9 Å². The van der Waals surface area contributed by atoms with Crippen LogP contribution in [0.2, 0.25) is 0 Å². The van der Waals surface area contributed by atoms with E-state index in [2.05, 4.69) is 11.0 Å². The van der Waals surface area contributed by atoms with Crippen LogP contribution in [0.15, 0.2) is 0 Å². The summed E-state index contributed by atoms with van der Waals surface area (Å²) in [5.74, 6) is 2.41. The highest BCUT2D eigenvalue weighted by Gasteiger charge is 2.31. The standard InChI is InChI=1S/C15H20N4OS2/c1-10(18-4-6-21-7-5-18)15(20)19-3-2-11-12(8-16)14(17)22-13(11)9-19/h10H,2-7,9,17H2,1H3/t10-/m0/s1. The van der Waals surface area contributed by atoms with Gasteiger partial charge in [0.25, 0.3) is 0 Å². The van der Waals surface area contributed by atoms with Crippen LogP contribution < -0.4 is 5.73 Å². The van der Waals surface area contributed by atoms with Crippen molar-refractivity contribution >= 4 is 34.0 Å². The monoisotopic (exact) mass is 336 g/mol. The molecule has 0 unspecified atom stereocenters. The molecule has 2 aliphatic rings. The molecular formula is C15H20N4OS2. The van der Waals surface area contributed by atoms with Crippen molar-refractivity contribution in [3.63, 3.8) is 0 Å². The second-order valence-corrected chi connectivity index (χ2v) is 8.05. The second kappa shape index (κ2) is 6.49. The van der Waals surface area contributed by atoms with Gasteiger partial charge in [0.05, 0.1) is 18.2 Å². The van der Waals surface area contributed by atoms with E-state index >= 15 is 0 Å². The highest BCUT2D eigenvalue weighted by molar-refractivity contribution is 7.99. The van der Waals surface area contributed by atoms with Gasteiger partial charge in [0.2, 0.25) is 5.91 Å². The number of nitrogens with zero attached hydrogens (tertiary/aromatic N) is 3. The van der Waals surface area contributed by atoms with Crippen molar-refractivity contribution in [1.29, 1.82) is 5.26 Å². The lowest BCUT2D eigenvalue weighted by atomic mass is 10.0. The zero-order chi connectivity index (χ0) is 15.7. The molecule has 118 valence electrons. The molecule has 1 amide bonds. The van der Waals surface area contributed by atoms with Gasteiger partial charge in [0.1, 0.15) is 11.1 Å². The molecule has 1 atom stereocenters. The fourth-order valence-electron chi connectivity index (χ4n) is 3.12. The molecule has 7 heteroatoms. The summed E-state index contributed by atoms with van der Waals surface area (Å²) in [6, 6.07) is 2.13. The van der Waals surface area contributed by atoms with Gasteiger partial charge in [-0.2, -0.15) is 17.0 Å². The molecule has 1 fully saturated rings. The van der Waals surface area contributed by atoms with Gasteiger partial charge in [0.15, 0.2) is 0 Å². The molecule has 0 radical (unpaired) electrons. The number of thioether (sulfide) groups is 1. The molecule has 5 nitrogen and oxygen atoms in total. The van der Waals surface area contributed by atoms with Crippen molar-refractivity contribution in [2.45, 2.75) is 25.9 Å². The zero-order valence-corrected chi connectivity index (χ0v) is 14.3. The largest absolute Gasteiger partial charge is 0.389 e. The Morgan fingerprint density at radius 2 is 2.09 bits per heavy atom. The fraction of sp³-hybridized carbons (Fsp3) is 0.600. The molecular weight excluding hydrogens is 316 g/mol. The number of anilines is 1. The van der Waals surface area contributed by atoms with Crippen LogP contribution in [0.4, 0.5) is 5.00 Å². The quantitative estimate of drug-likeness (QED) is 0.886. The first-order valence-corrected chi connectivity index (χ1v) is 9.49. The fourth-order valence-corrected chi connectivity index (χ4v) is 5.14. The highest BCUT2D eigenvalue weighted by Crippen LogP contribution is 2.34. The van der Waals surface area contributed by atoms with Crippen molar-refractivity contribution in [3.05, 3.63) is 16.0 Å². The van der Waals surface area contributed by atoms with Gasteiger partial charge < -0.3 is 10.6 Å². The molecule has 3 heterocycles. The maximum Gasteiger partial charge on any atom is 0.239 e. The Balaban J connectivity index is 1.71. The van der Waals surface area contributed by atoms with Gasteiger partial charge in [-0.05, 0) is 18.9 Å². The van der Waals surface area contributed by atoms with Gasteiger partial charge in [-0.25, -0.2) is 0 Å². The van der Waals surface area contributed by atoms with E-state index in [1.807, 2.05) is 23.6 Å². The van der Waals surface area contributed by atoms with Gasteiger partial charge in [-0.1, -0.05) is 0 Å². The summed E-state index contributed by atoms with van der Waals surface area (Å²) in [6.07, 6.45) is 0.736. The van der Waals surface area contributed by atoms with Crippen LogP contribution in [-0.4, -0.2) is 52.9 Å². The van der Waals surface area contributed by atoms with E-state index in [9.17, 15) is 10.1 Å². The first kappa shape index (κ1) is 15.7. The van der Waals surface area contributed by atoms with E-state index in [0.717, 1.165) is 41.5 Å². The van der Waals surface area contributed by atoms with Crippen molar-refractivity contribution in [1.82, 2.24) is 9.80 Å². The number of carbonyl (C=O) groups excluding carboxylic acids is 1. The predicted molar refractivity (Wildman–Crippen MR) is 90.9 cm³/mol. The van der Waals surface area contributed by atoms with Crippen molar-refractivity contribution < 1.29 is 4.79 Å². The van der Waals surface area contributed by atoms with Crippen LogP contribution in [0, 0.1) is 11.3 Å². The maximum absolute atomic E-state index is 12.8. The summed E-state index contributed by atoms with van der Waals surface area (Å²) in [6.45, 7) is 5.26. The minimum atomic E-state index is -0.0600. The number of hydrogen-bond donors (Lipinski definition) is 1. The van der Waals surface area contributed by atoms with Gasteiger partial charge in [0, 0.05) is 36.0 Å². The molecule has 0 aliphatic carbocycles. The molecule has 1 saturated heterocycles. The Bertz CT molecular complexity index is 616. The molecule has 2 N–H and O–H groups in total. The van der Waals surface area contributed by atoms with Gasteiger partial charge in [-0.15, -0.1) is 11.3 Å². The summed E-state index contributed by atoms with van der Waals surface area (Å²) in [5, 5.41) is 9.77. The lowest BCUT2D eigenvalue weighted by Gasteiger charge is -2.36. The van der Waals surface area contributed by atoms with Gasteiger partial charge >= 0.3 is 0 Å². The molecule has 22 heavy (non-hydrogen) atoms. The number of amides is 1. The van der Waals surface area contributed by atoms with E-state index in [-0.39, 0.29) is 11.9 Å². The number of nitrogen functional groups attached to an aromatic ring is 1. The molecule has 0 spiro atoms. The maximum atomic E-state index is 12.8. The van der Waals surface area contributed by atoms with Crippen LogP contribution >= 0.6 is 23.1 Å². The minimum Gasteiger partial charge on any atom is -0.389 e. The molecule has 0 saturated carbocycles. The van der Waals surface area contributed by atoms with Crippen molar-refractivity contribution in [3.8, 4) is 6.07 Å². The summed E-state index contributed by atoms with van der Waals surface area (Å²) in [4.78, 5) is 18.0. The number of rotatable bonds is 2. The number of nitriles is 1. The first-order chi connectivity index (χ1) is 10.6. The normalized spacial score (nSPS) is 20.3. The van der Waals surface area contributed by atoms with Crippen molar-refractivity contribution in [2.24, 2.45) is 0 Å². The number of nitrogens with two attached hydrogens (primary N) is 1. The highest BCUT2D eigenvalue weighted by atomic mass is 32.2. The zero-order valence-electron chi connectivity index (χ0n) is 12.7. The molecule has 3 rings (SSSR count). The average Bonchev–Trinajstić information content (AvgIpc) is 2.88. The Hall–Kier alpha value is -1.23. The SMILES string of the molecule is C[C@@H](C(=O)N1CCc2c(sc(N)c2C#N)C1)N1CCSCC1. The van der Waals surface area contributed by atoms with Gasteiger partial charge in [-0.3, -0.25) is 9.69 Å². The topological polar surface area (TPSA) is 73.4 Å². The van der Waals surface area contributed by atoms with E-state index in [4.69, 9.17) is 5.73 Å². The number of fused-ring (bicyclic) bond motifs is 1. The van der Waals surface area contributed by atoms with Crippen molar-refractivity contribution in [2.75, 3.05) is 36.9 Å². The average molecular weight is 336 g/mol. The van der Waals surface area contributed by atoms with E-state index < -0.39 is 0 Å². The third-order valence-electron chi connectivity index (χ3n) is 4.46. The third kappa shape index (κ3) is 2.83. The Morgan fingerprint density at radius 3 is 2.77 bits per heavy atom. The molecule has 0 aromatic carbocycles. The van der Waals surface area contributed by atoms with Crippen LogP contribution in [-0.2, 0) is 17.8 Å². The summed E-state index contributed by atoms with van der Waals surface area (Å²) < 4.78 is 0. The lowest BCUT2D eigenvalue weighted by Crippen LogP contribution is -2.50. The summed E-state index contributed by atoms with van der Waals surface area (Å²) in [7, 11) is 0. The Kier molecular flexibility index (Phi) is 4.62. The number of thiophene rings is 1. The summed E-state index contributed by atoms with van der Waals surface area (Å²) >= 11 is 3.41. The van der Waals surface area contributed by atoms with Crippen LogP contribution in [0.5, 0.6) is 0 Å². The predicted octanol–water partition coefficient (Wildman–Crippen LogP) is 1.52. The molecule has 0 bridgehead atoms. The Labute approximate surface area is 139 Å². The third-order valence-corrected chi connectivity index (χ3v) is 6.45. The number of hydrogen-bond acceptors (Lipinski definition) is 6. The minimum absolute atomic E-state index is 0.0600. The molecule has 1 aromatic rings.